The number of rotatable bonds is 6. The van der Waals surface area contributed by atoms with E-state index in [9.17, 15) is 19.7 Å². The third-order valence-electron chi connectivity index (χ3n) is 4.38. The van der Waals surface area contributed by atoms with Crippen molar-refractivity contribution in [1.82, 2.24) is 10.2 Å². The Morgan fingerprint density at radius 3 is 2.32 bits per heavy atom. The highest BCUT2D eigenvalue weighted by molar-refractivity contribution is 5.96. The Morgan fingerprint density at radius 1 is 1.11 bits per heavy atom. The van der Waals surface area contributed by atoms with Gasteiger partial charge < -0.3 is 10.2 Å². The predicted molar refractivity (Wildman–Crippen MR) is 107 cm³/mol. The zero-order chi connectivity index (χ0) is 20.9. The highest BCUT2D eigenvalue weighted by atomic mass is 16.6. The number of carbonyl (C=O) groups excluding carboxylic acids is 2. The molecule has 0 saturated heterocycles. The highest BCUT2D eigenvalue weighted by Crippen LogP contribution is 2.22. The molecule has 0 fully saturated rings. The highest BCUT2D eigenvalue weighted by Gasteiger charge is 2.16. The largest absolute Gasteiger partial charge is 0.343 e. The molecule has 0 aliphatic carbocycles. The van der Waals surface area contributed by atoms with Gasteiger partial charge in [0.2, 0.25) is 5.91 Å². The second-order valence-electron chi connectivity index (χ2n) is 7.69. The van der Waals surface area contributed by atoms with Gasteiger partial charge in [-0.25, -0.2) is 0 Å². The number of amides is 2. The van der Waals surface area contributed by atoms with Crippen molar-refractivity contribution in [3.05, 3.63) is 75.3 Å². The number of nitro benzene ring substituents is 1. The molecule has 0 aliphatic rings. The Kier molecular flexibility index (Phi) is 6.51. The monoisotopic (exact) mass is 383 g/mol. The van der Waals surface area contributed by atoms with Crippen LogP contribution < -0.4 is 5.32 Å². The normalized spacial score (nSPS) is 11.0. The predicted octanol–water partition coefficient (Wildman–Crippen LogP) is 3.28. The molecule has 28 heavy (non-hydrogen) atoms. The number of hydrogen-bond acceptors (Lipinski definition) is 4. The van der Waals surface area contributed by atoms with E-state index in [4.69, 9.17) is 0 Å². The average Bonchev–Trinajstić information content (AvgIpc) is 2.65. The lowest BCUT2D eigenvalue weighted by Crippen LogP contribution is -2.37. The van der Waals surface area contributed by atoms with E-state index in [1.165, 1.54) is 34.7 Å². The number of likely N-dealkylation sites (N-methyl/N-ethyl adjacent to an activating group) is 1. The number of nitro groups is 1. The molecule has 0 aromatic heterocycles. The molecule has 0 heterocycles. The molecule has 0 atom stereocenters. The molecule has 0 unspecified atom stereocenters. The fraction of sp³-hybridized carbons (Fsp3) is 0.333. The summed E-state index contributed by atoms with van der Waals surface area (Å²) in [4.78, 5) is 36.2. The first-order valence-electron chi connectivity index (χ1n) is 8.94. The van der Waals surface area contributed by atoms with Crippen LogP contribution in [0.1, 0.15) is 42.3 Å². The van der Waals surface area contributed by atoms with E-state index in [1.807, 2.05) is 12.1 Å². The van der Waals surface area contributed by atoms with Gasteiger partial charge in [-0.3, -0.25) is 19.7 Å². The Bertz CT molecular complexity index is 870. The molecule has 2 aromatic carbocycles. The van der Waals surface area contributed by atoms with Gasteiger partial charge in [0.25, 0.3) is 11.6 Å². The van der Waals surface area contributed by atoms with Crippen LogP contribution >= 0.6 is 0 Å². The van der Waals surface area contributed by atoms with Gasteiger partial charge in [0.15, 0.2) is 0 Å². The fourth-order valence-electron chi connectivity index (χ4n) is 2.63. The first kappa shape index (κ1) is 21.1. The maximum atomic E-state index is 12.3. The van der Waals surface area contributed by atoms with Crippen LogP contribution in [-0.2, 0) is 16.8 Å². The minimum absolute atomic E-state index is 0.0665. The summed E-state index contributed by atoms with van der Waals surface area (Å²) in [5.41, 5.74) is 2.25. The summed E-state index contributed by atoms with van der Waals surface area (Å²) in [6.45, 7) is 6.67. The first-order chi connectivity index (χ1) is 13.1. The molecule has 0 saturated carbocycles. The zero-order valence-electron chi connectivity index (χ0n) is 16.6. The molecule has 2 rings (SSSR count). The molecule has 0 bridgehead atoms. The second-order valence-corrected chi connectivity index (χ2v) is 7.69. The SMILES string of the molecule is CN(Cc1ccc(C(C)(C)C)cc1)C(=O)CNC(=O)c1cccc([N+](=O)[O-])c1. The van der Waals surface area contributed by atoms with E-state index in [1.54, 1.807) is 7.05 Å². The van der Waals surface area contributed by atoms with E-state index in [-0.39, 0.29) is 29.1 Å². The lowest BCUT2D eigenvalue weighted by Gasteiger charge is -2.21. The number of nitrogens with one attached hydrogen (secondary N) is 1. The average molecular weight is 383 g/mol. The summed E-state index contributed by atoms with van der Waals surface area (Å²) in [7, 11) is 1.67. The van der Waals surface area contributed by atoms with Crippen LogP contribution in [-0.4, -0.2) is 35.2 Å². The van der Waals surface area contributed by atoms with Crippen molar-refractivity contribution in [3.63, 3.8) is 0 Å². The summed E-state index contributed by atoms with van der Waals surface area (Å²) in [6, 6.07) is 13.5. The maximum absolute atomic E-state index is 12.3. The summed E-state index contributed by atoms with van der Waals surface area (Å²) >= 11 is 0. The summed E-state index contributed by atoms with van der Waals surface area (Å²) in [6.07, 6.45) is 0. The molecule has 7 nitrogen and oxygen atoms in total. The van der Waals surface area contributed by atoms with Crippen molar-refractivity contribution in [1.29, 1.82) is 0 Å². The number of non-ortho nitro benzene ring substituents is 1. The summed E-state index contributed by atoms with van der Waals surface area (Å²) < 4.78 is 0. The molecule has 7 heteroatoms. The van der Waals surface area contributed by atoms with Crippen molar-refractivity contribution in [2.75, 3.05) is 13.6 Å². The number of carbonyl (C=O) groups is 2. The minimum atomic E-state index is -0.569. The minimum Gasteiger partial charge on any atom is -0.343 e. The van der Waals surface area contributed by atoms with Gasteiger partial charge >= 0.3 is 0 Å². The first-order valence-corrected chi connectivity index (χ1v) is 8.94. The number of nitrogens with zero attached hydrogens (tertiary/aromatic N) is 2. The van der Waals surface area contributed by atoms with Gasteiger partial charge in [0.05, 0.1) is 11.5 Å². The van der Waals surface area contributed by atoms with Gasteiger partial charge in [0.1, 0.15) is 0 Å². The van der Waals surface area contributed by atoms with Crippen LogP contribution in [0.4, 0.5) is 5.69 Å². The van der Waals surface area contributed by atoms with E-state index in [0.717, 1.165) is 5.56 Å². The smallest absolute Gasteiger partial charge is 0.270 e. The quantitative estimate of drug-likeness (QED) is 0.612. The topological polar surface area (TPSA) is 92.6 Å². The molecular formula is C21H25N3O4. The summed E-state index contributed by atoms with van der Waals surface area (Å²) in [5, 5.41) is 13.3. The van der Waals surface area contributed by atoms with E-state index >= 15 is 0 Å². The van der Waals surface area contributed by atoms with Crippen molar-refractivity contribution in [3.8, 4) is 0 Å². The van der Waals surface area contributed by atoms with Gasteiger partial charge in [-0.2, -0.15) is 0 Å². The van der Waals surface area contributed by atoms with E-state index in [0.29, 0.717) is 6.54 Å². The molecule has 1 N–H and O–H groups in total. The van der Waals surface area contributed by atoms with Crippen LogP contribution in [0, 0.1) is 10.1 Å². The third-order valence-corrected chi connectivity index (χ3v) is 4.38. The van der Waals surface area contributed by atoms with Crippen molar-refractivity contribution >= 4 is 17.5 Å². The molecule has 2 amide bonds. The third kappa shape index (κ3) is 5.64. The van der Waals surface area contributed by atoms with Crippen LogP contribution in [0.3, 0.4) is 0 Å². The fourth-order valence-corrected chi connectivity index (χ4v) is 2.63. The van der Waals surface area contributed by atoms with Gasteiger partial charge in [-0.1, -0.05) is 51.1 Å². The van der Waals surface area contributed by atoms with E-state index < -0.39 is 10.8 Å². The van der Waals surface area contributed by atoms with Gasteiger partial charge in [-0.15, -0.1) is 0 Å². The second kappa shape index (κ2) is 8.65. The standard InChI is InChI=1S/C21H25N3O4/c1-21(2,3)17-10-8-15(9-11-17)14-23(4)19(25)13-22-20(26)16-6-5-7-18(12-16)24(27)28/h5-12H,13-14H2,1-4H3,(H,22,26). The van der Waals surface area contributed by atoms with Gasteiger partial charge in [-0.05, 0) is 22.6 Å². The van der Waals surface area contributed by atoms with Crippen LogP contribution in [0.5, 0.6) is 0 Å². The zero-order valence-corrected chi connectivity index (χ0v) is 16.6. The molecule has 0 radical (unpaired) electrons. The Labute approximate surface area is 164 Å². The number of benzene rings is 2. The maximum Gasteiger partial charge on any atom is 0.270 e. The van der Waals surface area contributed by atoms with Crippen molar-refractivity contribution in [2.24, 2.45) is 0 Å². The van der Waals surface area contributed by atoms with Crippen molar-refractivity contribution < 1.29 is 14.5 Å². The molecule has 0 aliphatic heterocycles. The molecule has 2 aromatic rings. The Balaban J connectivity index is 1.91. The Hall–Kier alpha value is -3.22. The molecule has 0 spiro atoms. The van der Waals surface area contributed by atoms with Crippen LogP contribution in [0.2, 0.25) is 0 Å². The molecular weight excluding hydrogens is 358 g/mol. The van der Waals surface area contributed by atoms with Crippen molar-refractivity contribution in [2.45, 2.75) is 32.7 Å². The van der Waals surface area contributed by atoms with Crippen LogP contribution in [0.25, 0.3) is 0 Å². The lowest BCUT2D eigenvalue weighted by molar-refractivity contribution is -0.384. The summed E-state index contributed by atoms with van der Waals surface area (Å²) in [5.74, 6) is -0.779. The molecule has 148 valence electrons. The van der Waals surface area contributed by atoms with E-state index in [2.05, 4.69) is 38.2 Å². The van der Waals surface area contributed by atoms with Gasteiger partial charge in [0, 0.05) is 31.3 Å². The lowest BCUT2D eigenvalue weighted by atomic mass is 9.87. The van der Waals surface area contributed by atoms with Crippen LogP contribution in [0.15, 0.2) is 48.5 Å². The number of hydrogen-bond donors (Lipinski definition) is 1. The Morgan fingerprint density at radius 2 is 1.75 bits per heavy atom.